The number of nitrogens with zero attached hydrogens (tertiary/aromatic N) is 1. The first kappa shape index (κ1) is 10.8. The van der Waals surface area contributed by atoms with E-state index in [0.717, 1.165) is 11.4 Å². The van der Waals surface area contributed by atoms with E-state index in [9.17, 15) is 0 Å². The molecule has 0 radical (unpaired) electrons. The molecule has 0 fully saturated rings. The molecule has 2 aromatic rings. The van der Waals surface area contributed by atoms with Crippen LogP contribution < -0.4 is 5.73 Å². The molecule has 0 amide bonds. The second kappa shape index (κ2) is 4.43. The molecule has 15 heavy (non-hydrogen) atoms. The van der Waals surface area contributed by atoms with Gasteiger partial charge in [0.2, 0.25) is 0 Å². The van der Waals surface area contributed by atoms with E-state index in [4.69, 9.17) is 5.73 Å². The van der Waals surface area contributed by atoms with Crippen LogP contribution in [0.2, 0.25) is 0 Å². The van der Waals surface area contributed by atoms with E-state index >= 15 is 0 Å². The molecule has 0 bridgehead atoms. The first-order valence-corrected chi connectivity index (χ1v) is 6.67. The van der Waals surface area contributed by atoms with Crippen LogP contribution in [0.3, 0.4) is 0 Å². The van der Waals surface area contributed by atoms with Crippen molar-refractivity contribution in [2.75, 3.05) is 0 Å². The zero-order chi connectivity index (χ0) is 10.8. The van der Waals surface area contributed by atoms with Gasteiger partial charge in [0.15, 0.2) is 0 Å². The van der Waals surface area contributed by atoms with Gasteiger partial charge in [-0.15, -0.1) is 22.7 Å². The summed E-state index contributed by atoms with van der Waals surface area (Å²) in [4.78, 5) is 7.06. The Kier molecular flexibility index (Phi) is 3.19. The summed E-state index contributed by atoms with van der Waals surface area (Å²) in [5, 5.41) is 3.09. The standard InChI is InChI=1S/C11H14N2S2/c1-3-8-7(2)15-11(13-8)10(12)9-5-4-6-14-9/h4-6,10H,3,12H2,1-2H3. The van der Waals surface area contributed by atoms with Crippen LogP contribution >= 0.6 is 22.7 Å². The minimum absolute atomic E-state index is 0.0472. The number of nitrogens with two attached hydrogens (primary N) is 1. The molecule has 0 spiro atoms. The number of thiazole rings is 1. The lowest BCUT2D eigenvalue weighted by atomic mass is 10.2. The summed E-state index contributed by atoms with van der Waals surface area (Å²) in [5.74, 6) is 0. The number of thiophene rings is 1. The van der Waals surface area contributed by atoms with Crippen LogP contribution in [0.25, 0.3) is 0 Å². The van der Waals surface area contributed by atoms with Crippen molar-refractivity contribution in [1.82, 2.24) is 4.98 Å². The molecule has 0 aliphatic rings. The Morgan fingerprint density at radius 1 is 1.53 bits per heavy atom. The summed E-state index contributed by atoms with van der Waals surface area (Å²) in [6.07, 6.45) is 0.986. The van der Waals surface area contributed by atoms with E-state index in [-0.39, 0.29) is 6.04 Å². The van der Waals surface area contributed by atoms with Crippen molar-refractivity contribution >= 4 is 22.7 Å². The maximum absolute atomic E-state index is 6.16. The Morgan fingerprint density at radius 3 is 2.87 bits per heavy atom. The highest BCUT2D eigenvalue weighted by molar-refractivity contribution is 7.12. The van der Waals surface area contributed by atoms with E-state index < -0.39 is 0 Å². The summed E-state index contributed by atoms with van der Waals surface area (Å²) < 4.78 is 0. The molecular formula is C11H14N2S2. The Labute approximate surface area is 97.8 Å². The average Bonchev–Trinajstić information content (AvgIpc) is 2.85. The lowest BCUT2D eigenvalue weighted by molar-refractivity contribution is 0.862. The highest BCUT2D eigenvalue weighted by atomic mass is 32.1. The predicted molar refractivity (Wildman–Crippen MR) is 66.6 cm³/mol. The van der Waals surface area contributed by atoms with Crippen molar-refractivity contribution in [3.63, 3.8) is 0 Å². The quantitative estimate of drug-likeness (QED) is 0.892. The molecule has 0 saturated carbocycles. The van der Waals surface area contributed by atoms with Gasteiger partial charge in [-0.2, -0.15) is 0 Å². The van der Waals surface area contributed by atoms with E-state index in [1.165, 1.54) is 15.4 Å². The first-order chi connectivity index (χ1) is 7.22. The fourth-order valence-electron chi connectivity index (χ4n) is 1.50. The van der Waals surface area contributed by atoms with Gasteiger partial charge in [-0.3, -0.25) is 0 Å². The first-order valence-electron chi connectivity index (χ1n) is 4.97. The van der Waals surface area contributed by atoms with Crippen LogP contribution in [0.5, 0.6) is 0 Å². The normalized spacial score (nSPS) is 13.0. The minimum atomic E-state index is -0.0472. The average molecular weight is 238 g/mol. The molecular weight excluding hydrogens is 224 g/mol. The maximum Gasteiger partial charge on any atom is 0.115 e. The van der Waals surface area contributed by atoms with E-state index in [1.54, 1.807) is 22.7 Å². The van der Waals surface area contributed by atoms with Gasteiger partial charge in [-0.25, -0.2) is 4.98 Å². The zero-order valence-corrected chi connectivity index (χ0v) is 10.5. The second-order valence-electron chi connectivity index (χ2n) is 3.40. The summed E-state index contributed by atoms with van der Waals surface area (Å²) in [7, 11) is 0. The monoisotopic (exact) mass is 238 g/mol. The molecule has 2 N–H and O–H groups in total. The predicted octanol–water partition coefficient (Wildman–Crippen LogP) is 3.12. The minimum Gasteiger partial charge on any atom is -0.318 e. The summed E-state index contributed by atoms with van der Waals surface area (Å²) in [6.45, 7) is 4.24. The van der Waals surface area contributed by atoms with E-state index in [1.807, 2.05) is 6.07 Å². The molecule has 2 nitrogen and oxygen atoms in total. The molecule has 0 saturated heterocycles. The van der Waals surface area contributed by atoms with Crippen molar-refractivity contribution in [2.24, 2.45) is 5.73 Å². The van der Waals surface area contributed by atoms with Crippen LogP contribution in [0.1, 0.15) is 33.4 Å². The molecule has 1 atom stereocenters. The fourth-order valence-corrected chi connectivity index (χ4v) is 3.34. The lowest BCUT2D eigenvalue weighted by Gasteiger charge is -2.04. The summed E-state index contributed by atoms with van der Waals surface area (Å²) >= 11 is 3.41. The van der Waals surface area contributed by atoms with Gasteiger partial charge in [-0.05, 0) is 24.8 Å². The Hall–Kier alpha value is -0.710. The van der Waals surface area contributed by atoms with Gasteiger partial charge in [0, 0.05) is 9.75 Å². The highest BCUT2D eigenvalue weighted by Gasteiger charge is 2.15. The van der Waals surface area contributed by atoms with Gasteiger partial charge >= 0.3 is 0 Å². The Balaban J connectivity index is 2.30. The third-order valence-corrected chi connectivity index (χ3v) is 4.41. The van der Waals surface area contributed by atoms with Crippen molar-refractivity contribution in [3.8, 4) is 0 Å². The summed E-state index contributed by atoms with van der Waals surface area (Å²) in [6, 6.07) is 4.05. The Morgan fingerprint density at radius 2 is 2.33 bits per heavy atom. The van der Waals surface area contributed by atoms with Crippen molar-refractivity contribution in [3.05, 3.63) is 38.0 Å². The fraction of sp³-hybridized carbons (Fsp3) is 0.364. The van der Waals surface area contributed by atoms with Crippen molar-refractivity contribution in [1.29, 1.82) is 0 Å². The number of aromatic nitrogens is 1. The van der Waals surface area contributed by atoms with E-state index in [2.05, 4.69) is 30.3 Å². The third kappa shape index (κ3) is 2.12. The zero-order valence-electron chi connectivity index (χ0n) is 8.86. The molecule has 4 heteroatoms. The SMILES string of the molecule is CCc1nc(C(N)c2cccs2)sc1C. The third-order valence-electron chi connectivity index (χ3n) is 2.36. The van der Waals surface area contributed by atoms with Crippen LogP contribution in [-0.4, -0.2) is 4.98 Å². The second-order valence-corrected chi connectivity index (χ2v) is 5.62. The number of rotatable bonds is 3. The van der Waals surface area contributed by atoms with Crippen LogP contribution in [0, 0.1) is 6.92 Å². The molecule has 2 aromatic heterocycles. The van der Waals surface area contributed by atoms with Crippen LogP contribution in [0.4, 0.5) is 0 Å². The van der Waals surface area contributed by atoms with Gasteiger partial charge < -0.3 is 5.73 Å². The highest BCUT2D eigenvalue weighted by Crippen LogP contribution is 2.28. The van der Waals surface area contributed by atoms with Gasteiger partial charge in [0.05, 0.1) is 11.7 Å². The molecule has 2 heterocycles. The van der Waals surface area contributed by atoms with Crippen molar-refractivity contribution < 1.29 is 0 Å². The van der Waals surface area contributed by atoms with Gasteiger partial charge in [-0.1, -0.05) is 13.0 Å². The van der Waals surface area contributed by atoms with Crippen LogP contribution in [-0.2, 0) is 6.42 Å². The smallest absolute Gasteiger partial charge is 0.115 e. The molecule has 1 unspecified atom stereocenters. The largest absolute Gasteiger partial charge is 0.318 e. The van der Waals surface area contributed by atoms with Crippen LogP contribution in [0.15, 0.2) is 17.5 Å². The van der Waals surface area contributed by atoms with E-state index in [0.29, 0.717) is 0 Å². The number of aryl methyl sites for hydroxylation is 2. The van der Waals surface area contributed by atoms with Gasteiger partial charge in [0.1, 0.15) is 5.01 Å². The molecule has 0 aliphatic heterocycles. The number of hydrogen-bond donors (Lipinski definition) is 1. The number of hydrogen-bond acceptors (Lipinski definition) is 4. The molecule has 0 aliphatic carbocycles. The van der Waals surface area contributed by atoms with Gasteiger partial charge in [0.25, 0.3) is 0 Å². The van der Waals surface area contributed by atoms with Crippen molar-refractivity contribution in [2.45, 2.75) is 26.3 Å². The molecule has 0 aromatic carbocycles. The maximum atomic E-state index is 6.16. The molecule has 2 rings (SSSR count). The lowest BCUT2D eigenvalue weighted by Crippen LogP contribution is -2.09. The molecule has 80 valence electrons. The Bertz CT molecular complexity index is 431. The summed E-state index contributed by atoms with van der Waals surface area (Å²) in [5.41, 5.74) is 7.34. The topological polar surface area (TPSA) is 38.9 Å².